The molecule has 0 bridgehead atoms. The van der Waals surface area contributed by atoms with Crippen LogP contribution in [0.4, 0.5) is 0 Å². The second-order valence-electron chi connectivity index (χ2n) is 6.25. The third-order valence-electron chi connectivity index (χ3n) is 4.18. The van der Waals surface area contributed by atoms with E-state index in [2.05, 4.69) is 10.6 Å². The molecule has 1 aliphatic rings. The van der Waals surface area contributed by atoms with E-state index in [0.29, 0.717) is 28.4 Å². The Bertz CT molecular complexity index is 983. The molecule has 9 heteroatoms. The van der Waals surface area contributed by atoms with Gasteiger partial charge in [-0.15, -0.1) is 0 Å². The second-order valence-corrected chi connectivity index (χ2v) is 6.25. The van der Waals surface area contributed by atoms with E-state index in [-0.39, 0.29) is 25.5 Å². The number of carboxylic acid groups (broad SMARTS) is 1. The summed E-state index contributed by atoms with van der Waals surface area (Å²) >= 11 is 0. The fourth-order valence-corrected chi connectivity index (χ4v) is 2.64. The first kappa shape index (κ1) is 20.7. The van der Waals surface area contributed by atoms with Gasteiger partial charge in [0.15, 0.2) is 11.5 Å². The van der Waals surface area contributed by atoms with Gasteiger partial charge < -0.3 is 30.0 Å². The molecule has 9 nitrogen and oxygen atoms in total. The van der Waals surface area contributed by atoms with Crippen LogP contribution in [0.25, 0.3) is 6.08 Å². The van der Waals surface area contributed by atoms with E-state index in [0.717, 1.165) is 0 Å². The van der Waals surface area contributed by atoms with Crippen molar-refractivity contribution >= 4 is 23.9 Å². The molecular formula is C21H20N2O7. The van der Waals surface area contributed by atoms with Gasteiger partial charge in [0, 0.05) is 12.1 Å². The first-order valence-electron chi connectivity index (χ1n) is 9.03. The molecule has 0 spiro atoms. The first-order chi connectivity index (χ1) is 14.5. The minimum Gasteiger partial charge on any atom is -0.497 e. The number of rotatable bonds is 8. The summed E-state index contributed by atoms with van der Waals surface area (Å²) in [5.41, 5.74) is 0.878. The third-order valence-corrected chi connectivity index (χ3v) is 4.18. The van der Waals surface area contributed by atoms with Crippen LogP contribution < -0.4 is 24.8 Å². The van der Waals surface area contributed by atoms with Crippen LogP contribution in [0, 0.1) is 0 Å². The fourth-order valence-electron chi connectivity index (χ4n) is 2.64. The van der Waals surface area contributed by atoms with Gasteiger partial charge in [0.1, 0.15) is 11.4 Å². The number of carbonyl (C=O) groups excluding carboxylic acids is 2. The Morgan fingerprint density at radius 2 is 1.83 bits per heavy atom. The molecule has 2 amide bonds. The summed E-state index contributed by atoms with van der Waals surface area (Å²) in [6, 6.07) is 11.5. The standard InChI is InChI=1S/C21H20N2O7/c1-28-15-5-3-14(4-6-15)20(26)23-16(21(27)22-9-8-19(24)25)10-13-2-7-17-18(11-13)30-12-29-17/h2-7,10-11H,8-9,12H2,1H3,(H,22,27)(H,23,26)(H,24,25)/b16-10+. The smallest absolute Gasteiger partial charge is 0.305 e. The van der Waals surface area contributed by atoms with Gasteiger partial charge in [-0.3, -0.25) is 14.4 Å². The number of hydrogen-bond donors (Lipinski definition) is 3. The molecule has 0 saturated carbocycles. The number of nitrogens with one attached hydrogen (secondary N) is 2. The molecule has 0 radical (unpaired) electrons. The number of aliphatic carboxylic acids is 1. The van der Waals surface area contributed by atoms with E-state index in [1.165, 1.54) is 13.2 Å². The summed E-state index contributed by atoms with van der Waals surface area (Å²) < 4.78 is 15.7. The molecule has 0 unspecified atom stereocenters. The maximum absolute atomic E-state index is 12.6. The minimum atomic E-state index is -1.04. The normalized spacial score (nSPS) is 12.2. The van der Waals surface area contributed by atoms with Gasteiger partial charge in [0.05, 0.1) is 13.5 Å². The van der Waals surface area contributed by atoms with Crippen LogP contribution in [0.2, 0.25) is 0 Å². The number of amides is 2. The summed E-state index contributed by atoms with van der Waals surface area (Å²) in [6.45, 7) is 0.0320. The van der Waals surface area contributed by atoms with Gasteiger partial charge in [0.25, 0.3) is 11.8 Å². The molecule has 3 N–H and O–H groups in total. The number of ether oxygens (including phenoxy) is 3. The molecule has 1 heterocycles. The Hall–Kier alpha value is -4.01. The van der Waals surface area contributed by atoms with Crippen molar-refractivity contribution in [3.63, 3.8) is 0 Å². The van der Waals surface area contributed by atoms with Crippen molar-refractivity contribution in [3.05, 3.63) is 59.3 Å². The van der Waals surface area contributed by atoms with Crippen LogP contribution in [0.3, 0.4) is 0 Å². The lowest BCUT2D eigenvalue weighted by molar-refractivity contribution is -0.136. The van der Waals surface area contributed by atoms with Crippen molar-refractivity contribution in [2.45, 2.75) is 6.42 Å². The zero-order chi connectivity index (χ0) is 21.5. The molecule has 0 aromatic heterocycles. The number of carbonyl (C=O) groups is 3. The average molecular weight is 412 g/mol. The highest BCUT2D eigenvalue weighted by molar-refractivity contribution is 6.05. The van der Waals surface area contributed by atoms with Crippen LogP contribution in [-0.4, -0.2) is 43.3 Å². The van der Waals surface area contributed by atoms with Crippen LogP contribution >= 0.6 is 0 Å². The van der Waals surface area contributed by atoms with Crippen molar-refractivity contribution in [1.82, 2.24) is 10.6 Å². The minimum absolute atomic E-state index is 0.0416. The van der Waals surface area contributed by atoms with E-state index in [4.69, 9.17) is 19.3 Å². The number of methoxy groups -OCH3 is 1. The third kappa shape index (κ3) is 5.28. The molecule has 2 aromatic carbocycles. The van der Waals surface area contributed by atoms with Crippen LogP contribution in [-0.2, 0) is 9.59 Å². The highest BCUT2D eigenvalue weighted by atomic mass is 16.7. The molecule has 0 atom stereocenters. The second kappa shape index (κ2) is 9.46. The molecule has 0 saturated heterocycles. The van der Waals surface area contributed by atoms with E-state index in [1.54, 1.807) is 42.5 Å². The molecule has 30 heavy (non-hydrogen) atoms. The quantitative estimate of drug-likeness (QED) is 0.565. The Labute approximate surface area is 172 Å². The lowest BCUT2D eigenvalue weighted by atomic mass is 10.1. The Balaban J connectivity index is 1.81. The first-order valence-corrected chi connectivity index (χ1v) is 9.03. The van der Waals surface area contributed by atoms with Crippen molar-refractivity contribution in [1.29, 1.82) is 0 Å². The summed E-state index contributed by atoms with van der Waals surface area (Å²) in [7, 11) is 1.52. The van der Waals surface area contributed by atoms with E-state index in [9.17, 15) is 14.4 Å². The Morgan fingerprint density at radius 3 is 2.53 bits per heavy atom. The largest absolute Gasteiger partial charge is 0.497 e. The predicted octanol–water partition coefficient (Wildman–Crippen LogP) is 1.79. The summed E-state index contributed by atoms with van der Waals surface area (Å²) in [5.74, 6) is -0.459. The van der Waals surface area contributed by atoms with E-state index in [1.807, 2.05) is 0 Å². The molecule has 0 fully saturated rings. The van der Waals surface area contributed by atoms with Gasteiger partial charge in [0.2, 0.25) is 6.79 Å². The molecule has 1 aliphatic heterocycles. The Kier molecular flexibility index (Phi) is 6.53. The summed E-state index contributed by atoms with van der Waals surface area (Å²) in [5, 5.41) is 13.8. The average Bonchev–Trinajstić information content (AvgIpc) is 3.20. The topological polar surface area (TPSA) is 123 Å². The summed E-state index contributed by atoms with van der Waals surface area (Å²) in [6.07, 6.45) is 1.23. The SMILES string of the molecule is COc1ccc(C(=O)N/C(=C/c2ccc3c(c2)OCO3)C(=O)NCCC(=O)O)cc1. The van der Waals surface area contributed by atoms with Gasteiger partial charge in [-0.2, -0.15) is 0 Å². The van der Waals surface area contributed by atoms with Gasteiger partial charge in [-0.1, -0.05) is 6.07 Å². The highest BCUT2D eigenvalue weighted by Crippen LogP contribution is 2.33. The van der Waals surface area contributed by atoms with Crippen molar-refractivity contribution in [2.75, 3.05) is 20.4 Å². The fraction of sp³-hybridized carbons (Fsp3) is 0.190. The lowest BCUT2D eigenvalue weighted by Gasteiger charge is -2.11. The van der Waals surface area contributed by atoms with E-state index < -0.39 is 17.8 Å². The van der Waals surface area contributed by atoms with Gasteiger partial charge >= 0.3 is 5.97 Å². The van der Waals surface area contributed by atoms with E-state index >= 15 is 0 Å². The molecule has 3 rings (SSSR count). The monoisotopic (exact) mass is 412 g/mol. The number of carboxylic acids is 1. The lowest BCUT2D eigenvalue weighted by Crippen LogP contribution is -2.35. The molecule has 2 aromatic rings. The molecular weight excluding hydrogens is 392 g/mol. The van der Waals surface area contributed by atoms with Crippen LogP contribution in [0.15, 0.2) is 48.2 Å². The highest BCUT2D eigenvalue weighted by Gasteiger charge is 2.17. The number of benzene rings is 2. The van der Waals surface area contributed by atoms with Crippen molar-refractivity contribution in [2.24, 2.45) is 0 Å². The van der Waals surface area contributed by atoms with Gasteiger partial charge in [-0.25, -0.2) is 0 Å². The number of fused-ring (bicyclic) bond motifs is 1. The van der Waals surface area contributed by atoms with Crippen molar-refractivity contribution < 1.29 is 33.7 Å². The zero-order valence-corrected chi connectivity index (χ0v) is 16.1. The Morgan fingerprint density at radius 1 is 1.10 bits per heavy atom. The molecule has 0 aliphatic carbocycles. The maximum atomic E-state index is 12.6. The maximum Gasteiger partial charge on any atom is 0.305 e. The number of hydrogen-bond acceptors (Lipinski definition) is 6. The summed E-state index contributed by atoms with van der Waals surface area (Å²) in [4.78, 5) is 35.9. The van der Waals surface area contributed by atoms with Crippen molar-refractivity contribution in [3.8, 4) is 17.2 Å². The predicted molar refractivity (Wildman–Crippen MR) is 106 cm³/mol. The zero-order valence-electron chi connectivity index (χ0n) is 16.1. The van der Waals surface area contributed by atoms with Gasteiger partial charge in [-0.05, 0) is 48.0 Å². The van der Waals surface area contributed by atoms with Crippen LogP contribution in [0.1, 0.15) is 22.3 Å². The van der Waals surface area contributed by atoms with Crippen LogP contribution in [0.5, 0.6) is 17.2 Å². The molecule has 156 valence electrons.